The maximum atomic E-state index is 13.8. The lowest BCUT2D eigenvalue weighted by atomic mass is 9.98. The van der Waals surface area contributed by atoms with E-state index >= 15 is 0 Å². The Balaban J connectivity index is 3.53. The summed E-state index contributed by atoms with van der Waals surface area (Å²) in [5.74, 6) is -18.8. The summed E-state index contributed by atoms with van der Waals surface area (Å²) in [5, 5.41) is 72.1. The monoisotopic (exact) mass is 994 g/mol. The molecule has 27 heteroatoms. The fraction of sp³-hybridized carbons (Fsp3) is 0.558. The number of aliphatic carboxylic acids is 6. The van der Waals surface area contributed by atoms with Gasteiger partial charge in [0.1, 0.15) is 42.3 Å². The zero-order valence-electron chi connectivity index (χ0n) is 38.8. The van der Waals surface area contributed by atoms with Crippen molar-refractivity contribution < 1.29 is 93.0 Å². The zero-order chi connectivity index (χ0) is 53.4. The van der Waals surface area contributed by atoms with Crippen LogP contribution < -0.4 is 43.0 Å². The van der Waals surface area contributed by atoms with E-state index in [1.807, 2.05) is 5.32 Å². The zero-order valence-corrected chi connectivity index (χ0v) is 38.8. The number of rotatable bonds is 33. The molecule has 0 aliphatic heterocycles. The summed E-state index contributed by atoms with van der Waals surface area (Å²) >= 11 is 0. The highest BCUT2D eigenvalue weighted by Gasteiger charge is 2.37. The topological polar surface area (TPSA) is 454 Å². The van der Waals surface area contributed by atoms with Crippen LogP contribution in [0, 0.1) is 11.8 Å². The molecule has 1 rings (SSSR count). The van der Waals surface area contributed by atoms with Gasteiger partial charge in [0.15, 0.2) is 0 Å². The minimum atomic E-state index is -2.12. The lowest BCUT2D eigenvalue weighted by Crippen LogP contribution is -2.61. The molecule has 1 aromatic rings. The number of benzene rings is 1. The Morgan fingerprint density at radius 3 is 1.26 bits per heavy atom. The second-order valence-corrected chi connectivity index (χ2v) is 16.7. The van der Waals surface area contributed by atoms with Crippen molar-refractivity contribution in [2.75, 3.05) is 0 Å². The molecular formula is C43H62N8O19. The van der Waals surface area contributed by atoms with Gasteiger partial charge < -0.3 is 73.6 Å². The molecule has 9 atom stereocenters. The second kappa shape index (κ2) is 29.9. The standard InChI is InChI=1S/C43H62N8O19/c1-5-21(4)35(43(69)70)51-42(68)29(19-34(60)61)50-39(65)26(16-22-9-7-6-8-10-22)47-40(66)27(17-32(56)57)49-41(67)28(18-33(58)59)48-38(64)25(15-20(2)3)46-37(63)24(12-14-31(54)55)45-36(62)23(44)11-13-30(52)53/h6-10,20-21,23-29,35H,5,11-19,44H2,1-4H3,(H,45,62)(H,46,63)(H,47,66)(H,48,64)(H,49,67)(H,50,65)(H,51,68)(H,52,53)(H,54,55)(H,56,57)(H,58,59)(H,60,61)(H,69,70)/t21-,23-,24-,25-,26-,27-,28-,29-,35-/m0/s1. The molecule has 15 N–H and O–H groups in total. The number of nitrogens with two attached hydrogens (primary N) is 1. The van der Waals surface area contributed by atoms with Gasteiger partial charge in [-0.1, -0.05) is 64.4 Å². The molecule has 0 heterocycles. The number of nitrogens with one attached hydrogen (secondary N) is 7. The molecule has 27 nitrogen and oxygen atoms in total. The molecule has 0 aliphatic carbocycles. The van der Waals surface area contributed by atoms with Gasteiger partial charge >= 0.3 is 35.8 Å². The predicted molar refractivity (Wildman–Crippen MR) is 239 cm³/mol. The first-order chi connectivity index (χ1) is 32.6. The lowest BCUT2D eigenvalue weighted by Gasteiger charge is -2.28. The minimum absolute atomic E-state index is 0.210. The molecule has 70 heavy (non-hydrogen) atoms. The Morgan fingerprint density at radius 2 is 0.843 bits per heavy atom. The van der Waals surface area contributed by atoms with Gasteiger partial charge in [0.25, 0.3) is 0 Å². The smallest absolute Gasteiger partial charge is 0.326 e. The van der Waals surface area contributed by atoms with Crippen LogP contribution in [0.15, 0.2) is 30.3 Å². The summed E-state index contributed by atoms with van der Waals surface area (Å²) in [4.78, 5) is 165. The quantitative estimate of drug-likeness (QED) is 0.0340. The number of hydrogen-bond donors (Lipinski definition) is 14. The third kappa shape index (κ3) is 22.9. The van der Waals surface area contributed by atoms with E-state index in [2.05, 4.69) is 31.9 Å². The molecule has 0 aliphatic rings. The van der Waals surface area contributed by atoms with Crippen molar-refractivity contribution in [1.29, 1.82) is 0 Å². The van der Waals surface area contributed by atoms with Gasteiger partial charge in [0.05, 0.1) is 25.3 Å². The molecule has 0 bridgehead atoms. The second-order valence-electron chi connectivity index (χ2n) is 16.7. The van der Waals surface area contributed by atoms with Gasteiger partial charge in [0, 0.05) is 19.3 Å². The SMILES string of the molecule is CC[C@H](C)[C@H](NC(=O)[C@H](CC(=O)O)NC(=O)[C@H](Cc1ccccc1)NC(=O)[C@H](CC(=O)O)NC(=O)[C@H](CC(=O)O)NC(=O)[C@H](CC(C)C)NC(=O)[C@H](CCC(=O)O)NC(=O)[C@@H](N)CCC(=O)O)C(=O)O. The molecule has 0 fully saturated rings. The van der Waals surface area contributed by atoms with E-state index in [4.69, 9.17) is 10.8 Å². The molecule has 0 radical (unpaired) electrons. The molecule has 7 amide bonds. The average molecular weight is 995 g/mol. The maximum absolute atomic E-state index is 13.8. The molecule has 0 saturated carbocycles. The van der Waals surface area contributed by atoms with Crippen LogP contribution in [0.25, 0.3) is 0 Å². The first-order valence-electron chi connectivity index (χ1n) is 21.9. The molecule has 0 unspecified atom stereocenters. The number of carboxylic acid groups (broad SMARTS) is 6. The summed E-state index contributed by atoms with van der Waals surface area (Å²) in [6.07, 6.45) is -5.88. The van der Waals surface area contributed by atoms with Crippen LogP contribution in [0.3, 0.4) is 0 Å². The summed E-state index contributed by atoms with van der Waals surface area (Å²) < 4.78 is 0. The van der Waals surface area contributed by atoms with E-state index in [-0.39, 0.29) is 19.3 Å². The summed E-state index contributed by atoms with van der Waals surface area (Å²) in [5.41, 5.74) is 6.10. The van der Waals surface area contributed by atoms with Crippen molar-refractivity contribution in [1.82, 2.24) is 37.2 Å². The van der Waals surface area contributed by atoms with Gasteiger partial charge in [-0.3, -0.25) is 57.5 Å². The van der Waals surface area contributed by atoms with Gasteiger partial charge in [-0.2, -0.15) is 0 Å². The van der Waals surface area contributed by atoms with Crippen molar-refractivity contribution in [2.45, 2.75) is 140 Å². The minimum Gasteiger partial charge on any atom is -0.481 e. The Morgan fingerprint density at radius 1 is 0.471 bits per heavy atom. The van der Waals surface area contributed by atoms with Crippen LogP contribution in [0.4, 0.5) is 0 Å². The molecule has 1 aromatic carbocycles. The van der Waals surface area contributed by atoms with E-state index < -0.39 is 182 Å². The third-order valence-corrected chi connectivity index (χ3v) is 10.4. The average Bonchev–Trinajstić information content (AvgIpc) is 3.26. The largest absolute Gasteiger partial charge is 0.481 e. The third-order valence-electron chi connectivity index (χ3n) is 10.4. The highest BCUT2D eigenvalue weighted by molar-refractivity contribution is 5.99. The summed E-state index contributed by atoms with van der Waals surface area (Å²) in [6, 6.07) is -6.36. The van der Waals surface area contributed by atoms with Crippen molar-refractivity contribution in [2.24, 2.45) is 17.6 Å². The highest BCUT2D eigenvalue weighted by Crippen LogP contribution is 2.12. The molecular weight excluding hydrogens is 933 g/mol. The summed E-state index contributed by atoms with van der Waals surface area (Å²) in [6.45, 7) is 6.34. The number of amides is 7. The number of carbonyl (C=O) groups excluding carboxylic acids is 7. The van der Waals surface area contributed by atoms with E-state index in [1.165, 1.54) is 19.1 Å². The first kappa shape index (κ1) is 60.3. The predicted octanol–water partition coefficient (Wildman–Crippen LogP) is -2.72. The van der Waals surface area contributed by atoms with E-state index in [1.54, 1.807) is 39.0 Å². The fourth-order valence-electron chi connectivity index (χ4n) is 6.44. The van der Waals surface area contributed by atoms with Crippen LogP contribution in [-0.2, 0) is 68.7 Å². The van der Waals surface area contributed by atoms with E-state index in [0.717, 1.165) is 0 Å². The number of hydrogen-bond acceptors (Lipinski definition) is 14. The van der Waals surface area contributed by atoms with E-state index in [0.29, 0.717) is 5.56 Å². The lowest BCUT2D eigenvalue weighted by molar-refractivity contribution is -0.145. The van der Waals surface area contributed by atoms with E-state index in [9.17, 15) is 87.9 Å². The molecule has 0 saturated heterocycles. The van der Waals surface area contributed by atoms with Crippen LogP contribution in [0.5, 0.6) is 0 Å². The van der Waals surface area contributed by atoms with Crippen molar-refractivity contribution in [3.63, 3.8) is 0 Å². The van der Waals surface area contributed by atoms with Crippen LogP contribution in [0.1, 0.15) is 91.0 Å². The molecule has 388 valence electrons. The first-order valence-corrected chi connectivity index (χ1v) is 21.9. The Bertz CT molecular complexity index is 2070. The van der Waals surface area contributed by atoms with Crippen LogP contribution in [0.2, 0.25) is 0 Å². The summed E-state index contributed by atoms with van der Waals surface area (Å²) in [7, 11) is 0. The normalized spacial score (nSPS) is 14.8. The van der Waals surface area contributed by atoms with Gasteiger partial charge in [-0.25, -0.2) is 4.79 Å². The highest BCUT2D eigenvalue weighted by atomic mass is 16.4. The fourth-order valence-corrected chi connectivity index (χ4v) is 6.44. The number of carbonyl (C=O) groups is 13. The van der Waals surface area contributed by atoms with Crippen molar-refractivity contribution >= 4 is 77.2 Å². The number of carboxylic acids is 6. The van der Waals surface area contributed by atoms with Crippen molar-refractivity contribution in [3.05, 3.63) is 35.9 Å². The molecule has 0 aromatic heterocycles. The van der Waals surface area contributed by atoms with Gasteiger partial charge in [-0.15, -0.1) is 0 Å². The molecule has 0 spiro atoms. The van der Waals surface area contributed by atoms with Gasteiger partial charge in [0.2, 0.25) is 41.4 Å². The Labute approximate surface area is 400 Å². The van der Waals surface area contributed by atoms with Gasteiger partial charge in [-0.05, 0) is 36.7 Å². The Kier molecular flexibility index (Phi) is 25.8. The van der Waals surface area contributed by atoms with Crippen LogP contribution >= 0.6 is 0 Å². The van der Waals surface area contributed by atoms with Crippen molar-refractivity contribution in [3.8, 4) is 0 Å². The van der Waals surface area contributed by atoms with Crippen LogP contribution in [-0.4, -0.2) is 156 Å². The maximum Gasteiger partial charge on any atom is 0.326 e. The Hall–Kier alpha value is -7.71.